The van der Waals surface area contributed by atoms with Crippen molar-refractivity contribution in [1.82, 2.24) is 19.4 Å². The number of nitrogens with zero attached hydrogens (tertiary/aromatic N) is 3. The van der Waals surface area contributed by atoms with Crippen molar-refractivity contribution < 1.29 is 22.4 Å². The third-order valence-electron chi connectivity index (χ3n) is 5.49. The van der Waals surface area contributed by atoms with E-state index >= 15 is 0 Å². The second kappa shape index (κ2) is 12.5. The first-order chi connectivity index (χ1) is 15.2. The van der Waals surface area contributed by atoms with Gasteiger partial charge in [0.2, 0.25) is 21.8 Å². The van der Waals surface area contributed by atoms with Gasteiger partial charge in [-0.15, -0.1) is 0 Å². The highest BCUT2D eigenvalue weighted by Gasteiger charge is 2.32. The molecule has 1 aliphatic heterocycles. The molecule has 1 aromatic rings. The van der Waals surface area contributed by atoms with Crippen molar-refractivity contribution in [2.24, 2.45) is 0 Å². The van der Waals surface area contributed by atoms with E-state index in [1.807, 2.05) is 25.0 Å². The molecule has 0 bridgehead atoms. The van der Waals surface area contributed by atoms with Crippen LogP contribution < -0.4 is 4.72 Å². The molecule has 2 amide bonds. The van der Waals surface area contributed by atoms with E-state index < -0.39 is 26.8 Å². The lowest BCUT2D eigenvalue weighted by Crippen LogP contribution is -2.56. The summed E-state index contributed by atoms with van der Waals surface area (Å²) in [5.74, 6) is -0.546. The number of benzene rings is 1. The van der Waals surface area contributed by atoms with Crippen LogP contribution in [0.15, 0.2) is 29.2 Å². The van der Waals surface area contributed by atoms with Crippen molar-refractivity contribution >= 4 is 33.6 Å². The van der Waals surface area contributed by atoms with Crippen molar-refractivity contribution in [3.8, 4) is 0 Å². The van der Waals surface area contributed by atoms with Crippen molar-refractivity contribution in [2.45, 2.75) is 31.2 Å². The molecule has 1 saturated heterocycles. The fraction of sp³-hybridized carbons (Fsp3) is 0.619. The number of hydrogen-bond acceptors (Lipinski definition) is 6. The predicted molar refractivity (Wildman–Crippen MR) is 124 cm³/mol. The Kier molecular flexibility index (Phi) is 10.4. The Balaban J connectivity index is 2.03. The van der Waals surface area contributed by atoms with Crippen LogP contribution in [0.5, 0.6) is 0 Å². The average Bonchev–Trinajstić information content (AvgIpc) is 2.77. The molecule has 1 N–H and O–H groups in total. The fourth-order valence-corrected chi connectivity index (χ4v) is 5.37. The van der Waals surface area contributed by atoms with E-state index in [0.29, 0.717) is 58.0 Å². The summed E-state index contributed by atoms with van der Waals surface area (Å²) in [6, 6.07) is 4.13. The zero-order valence-corrected chi connectivity index (χ0v) is 20.6. The van der Waals surface area contributed by atoms with Crippen LogP contribution in [0.4, 0.5) is 4.39 Å². The number of halogens is 1. The van der Waals surface area contributed by atoms with E-state index in [1.165, 1.54) is 30.0 Å². The van der Waals surface area contributed by atoms with Gasteiger partial charge in [0.05, 0.1) is 6.54 Å². The first kappa shape index (κ1) is 26.6. The van der Waals surface area contributed by atoms with Gasteiger partial charge in [-0.05, 0) is 44.4 Å². The van der Waals surface area contributed by atoms with E-state index in [2.05, 4.69) is 4.72 Å². The van der Waals surface area contributed by atoms with E-state index in [0.717, 1.165) is 6.07 Å². The van der Waals surface area contributed by atoms with Gasteiger partial charge >= 0.3 is 0 Å². The number of sulfonamides is 1. The molecule has 2 rings (SSSR count). The quantitative estimate of drug-likeness (QED) is 0.504. The summed E-state index contributed by atoms with van der Waals surface area (Å²) >= 11 is 1.50. The summed E-state index contributed by atoms with van der Waals surface area (Å²) in [5.41, 5.74) is 0. The first-order valence-corrected chi connectivity index (χ1v) is 13.7. The number of hydrogen-bond donors (Lipinski definition) is 1. The molecule has 11 heteroatoms. The summed E-state index contributed by atoms with van der Waals surface area (Å²) in [6.07, 6.45) is 2.17. The van der Waals surface area contributed by atoms with Crippen LogP contribution in [-0.4, -0.2) is 98.8 Å². The number of nitrogens with one attached hydrogen (secondary N) is 1. The average molecular weight is 489 g/mol. The van der Waals surface area contributed by atoms with Crippen LogP contribution in [0.25, 0.3) is 0 Å². The minimum Gasteiger partial charge on any atom is -0.342 e. The molecule has 0 spiro atoms. The highest BCUT2D eigenvalue weighted by Crippen LogP contribution is 2.16. The molecule has 0 aliphatic carbocycles. The van der Waals surface area contributed by atoms with Gasteiger partial charge in [0.1, 0.15) is 16.8 Å². The number of piperazine rings is 1. The minimum absolute atomic E-state index is 0.0604. The standard InChI is InChI=1S/C21H33FN4O4S2/c1-4-25(5-2)20(27)16-24-11-13-26(14-12-24)21(28)18(10-15-31-3)23-32(29,30)19-9-7-6-8-17(19)22/h6-9,18,23H,4-5,10-16H2,1-3H3. The molecule has 1 fully saturated rings. The third-order valence-corrected chi connectivity index (χ3v) is 7.64. The number of thioether (sulfide) groups is 1. The van der Waals surface area contributed by atoms with E-state index in [1.54, 1.807) is 9.80 Å². The Hall–Kier alpha value is -1.69. The fourth-order valence-electron chi connectivity index (χ4n) is 3.60. The molecule has 0 saturated carbocycles. The van der Waals surface area contributed by atoms with Crippen LogP contribution in [-0.2, 0) is 19.6 Å². The van der Waals surface area contributed by atoms with Crippen molar-refractivity contribution in [3.05, 3.63) is 30.1 Å². The molecule has 8 nitrogen and oxygen atoms in total. The van der Waals surface area contributed by atoms with Crippen molar-refractivity contribution in [2.75, 3.05) is 57.8 Å². The molecule has 32 heavy (non-hydrogen) atoms. The van der Waals surface area contributed by atoms with E-state index in [4.69, 9.17) is 0 Å². The number of likely N-dealkylation sites (N-methyl/N-ethyl adjacent to an activating group) is 1. The summed E-state index contributed by atoms with van der Waals surface area (Å²) in [7, 11) is -4.19. The molecular weight excluding hydrogens is 455 g/mol. The number of amides is 2. The largest absolute Gasteiger partial charge is 0.342 e. The van der Waals surface area contributed by atoms with Crippen LogP contribution in [0, 0.1) is 5.82 Å². The molecule has 1 aromatic carbocycles. The molecule has 1 aliphatic rings. The zero-order valence-electron chi connectivity index (χ0n) is 18.9. The van der Waals surface area contributed by atoms with Gasteiger partial charge in [0, 0.05) is 39.3 Å². The Bertz CT molecular complexity index is 872. The Morgan fingerprint density at radius 3 is 2.34 bits per heavy atom. The highest BCUT2D eigenvalue weighted by molar-refractivity contribution is 7.98. The SMILES string of the molecule is CCN(CC)C(=O)CN1CCN(C(=O)C(CCSC)NS(=O)(=O)c2ccccc2F)CC1. The van der Waals surface area contributed by atoms with Gasteiger partial charge in [0.15, 0.2) is 0 Å². The second-order valence-corrected chi connectivity index (χ2v) is 10.2. The minimum atomic E-state index is -4.19. The Morgan fingerprint density at radius 1 is 1.16 bits per heavy atom. The Labute approximate surface area is 194 Å². The normalized spacial score (nSPS) is 16.1. The van der Waals surface area contributed by atoms with Gasteiger partial charge in [-0.2, -0.15) is 16.5 Å². The van der Waals surface area contributed by atoms with E-state index in [-0.39, 0.29) is 11.8 Å². The topological polar surface area (TPSA) is 90.0 Å². The van der Waals surface area contributed by atoms with Gasteiger partial charge in [0.25, 0.3) is 0 Å². The molecule has 0 radical (unpaired) electrons. The lowest BCUT2D eigenvalue weighted by Gasteiger charge is -2.36. The lowest BCUT2D eigenvalue weighted by atomic mass is 10.2. The maximum Gasteiger partial charge on any atom is 0.244 e. The summed E-state index contributed by atoms with van der Waals surface area (Å²) in [5, 5.41) is 0. The lowest BCUT2D eigenvalue weighted by molar-refractivity contribution is -0.136. The molecule has 0 aromatic heterocycles. The summed E-state index contributed by atoms with van der Waals surface area (Å²) < 4.78 is 41.9. The molecule has 1 atom stereocenters. The third kappa shape index (κ3) is 7.16. The molecular formula is C21H33FN4O4S2. The van der Waals surface area contributed by atoms with Gasteiger partial charge in [-0.25, -0.2) is 12.8 Å². The predicted octanol–water partition coefficient (Wildman–Crippen LogP) is 1.24. The van der Waals surface area contributed by atoms with E-state index in [9.17, 15) is 22.4 Å². The number of rotatable bonds is 11. The van der Waals surface area contributed by atoms with Gasteiger partial charge in [-0.1, -0.05) is 12.1 Å². The van der Waals surface area contributed by atoms with Crippen LogP contribution in [0.1, 0.15) is 20.3 Å². The highest BCUT2D eigenvalue weighted by atomic mass is 32.2. The van der Waals surface area contributed by atoms with Crippen molar-refractivity contribution in [1.29, 1.82) is 0 Å². The molecule has 180 valence electrons. The van der Waals surface area contributed by atoms with Crippen LogP contribution in [0.3, 0.4) is 0 Å². The number of carbonyl (C=O) groups excluding carboxylic acids is 2. The first-order valence-electron chi connectivity index (χ1n) is 10.8. The molecule has 1 unspecified atom stereocenters. The Morgan fingerprint density at radius 2 is 1.78 bits per heavy atom. The van der Waals surface area contributed by atoms with Gasteiger partial charge < -0.3 is 9.80 Å². The summed E-state index contributed by atoms with van der Waals surface area (Å²) in [6.45, 7) is 7.38. The zero-order chi connectivity index (χ0) is 23.7. The van der Waals surface area contributed by atoms with Gasteiger partial charge in [-0.3, -0.25) is 14.5 Å². The molecule has 1 heterocycles. The van der Waals surface area contributed by atoms with Crippen molar-refractivity contribution in [3.63, 3.8) is 0 Å². The maximum atomic E-state index is 14.0. The number of carbonyl (C=O) groups is 2. The summed E-state index contributed by atoms with van der Waals surface area (Å²) in [4.78, 5) is 30.4. The van der Waals surface area contributed by atoms with Crippen LogP contribution in [0.2, 0.25) is 0 Å². The smallest absolute Gasteiger partial charge is 0.244 e. The van der Waals surface area contributed by atoms with Crippen LogP contribution >= 0.6 is 11.8 Å². The second-order valence-electron chi connectivity index (χ2n) is 7.55. The monoisotopic (exact) mass is 488 g/mol. The maximum absolute atomic E-state index is 14.0.